The second-order valence-electron chi connectivity index (χ2n) is 6.17. The largest absolute Gasteiger partial charge is 0.383 e. The van der Waals surface area contributed by atoms with Crippen LogP contribution in [0.3, 0.4) is 0 Å². The van der Waals surface area contributed by atoms with Crippen molar-refractivity contribution in [3.05, 3.63) is 80.8 Å². The number of halogens is 1. The Balaban J connectivity index is 1.81. The third-order valence-electron chi connectivity index (χ3n) is 4.15. The van der Waals surface area contributed by atoms with Gasteiger partial charge in [0.15, 0.2) is 0 Å². The maximum Gasteiger partial charge on any atom is 0.258 e. The van der Waals surface area contributed by atoms with Crippen molar-refractivity contribution in [1.82, 2.24) is 14.9 Å². The molecule has 6 nitrogen and oxygen atoms in total. The van der Waals surface area contributed by atoms with E-state index in [9.17, 15) is 9.59 Å². The third-order valence-corrected chi connectivity index (χ3v) is 4.64. The lowest BCUT2D eigenvalue weighted by Gasteiger charge is -2.20. The van der Waals surface area contributed by atoms with Crippen molar-refractivity contribution >= 4 is 38.8 Å². The lowest BCUT2D eigenvalue weighted by atomic mass is 10.2. The molecule has 3 rings (SSSR count). The summed E-state index contributed by atoms with van der Waals surface area (Å²) in [5.41, 5.74) is 1.29. The first-order valence-electron chi connectivity index (χ1n) is 8.76. The predicted octanol–water partition coefficient (Wildman–Crippen LogP) is 3.37. The van der Waals surface area contributed by atoms with Gasteiger partial charge in [-0.2, -0.15) is 0 Å². The molecule has 1 heterocycles. The highest BCUT2D eigenvalue weighted by Crippen LogP contribution is 2.13. The Morgan fingerprint density at radius 3 is 2.86 bits per heavy atom. The fourth-order valence-electron chi connectivity index (χ4n) is 2.74. The first-order chi connectivity index (χ1) is 13.6. The van der Waals surface area contributed by atoms with Crippen LogP contribution in [0.4, 0.5) is 0 Å². The number of para-hydroxylation sites is 1. The van der Waals surface area contributed by atoms with E-state index < -0.39 is 0 Å². The number of rotatable bonds is 7. The molecule has 1 N–H and O–H groups in total. The van der Waals surface area contributed by atoms with Crippen LogP contribution in [0, 0.1) is 0 Å². The summed E-state index contributed by atoms with van der Waals surface area (Å²) in [4.78, 5) is 33.8. The van der Waals surface area contributed by atoms with Gasteiger partial charge >= 0.3 is 0 Å². The Kier molecular flexibility index (Phi) is 6.73. The smallest absolute Gasteiger partial charge is 0.258 e. The van der Waals surface area contributed by atoms with E-state index in [4.69, 9.17) is 4.74 Å². The third kappa shape index (κ3) is 5.15. The molecule has 0 saturated heterocycles. The van der Waals surface area contributed by atoms with Gasteiger partial charge in [0.05, 0.1) is 24.1 Å². The SMILES string of the molecule is COCCN(Cc1nc2ccccc2c(=O)[nH]1)C(=O)/C=C/c1cccc(Br)c1. The minimum atomic E-state index is -0.218. The van der Waals surface area contributed by atoms with Crippen LogP contribution >= 0.6 is 15.9 Å². The van der Waals surface area contributed by atoms with Gasteiger partial charge in [0.1, 0.15) is 5.82 Å². The molecule has 0 aliphatic rings. The quantitative estimate of drug-likeness (QED) is 0.570. The molecule has 0 unspecified atom stereocenters. The predicted molar refractivity (Wildman–Crippen MR) is 113 cm³/mol. The molecule has 144 valence electrons. The van der Waals surface area contributed by atoms with Gasteiger partial charge in [-0.15, -0.1) is 0 Å². The Morgan fingerprint density at radius 2 is 2.07 bits per heavy atom. The van der Waals surface area contributed by atoms with Crippen LogP contribution in [-0.2, 0) is 16.1 Å². The normalized spacial score (nSPS) is 11.2. The zero-order valence-electron chi connectivity index (χ0n) is 15.4. The average molecular weight is 442 g/mol. The standard InChI is InChI=1S/C21H20BrN3O3/c1-28-12-11-25(20(26)10-9-15-5-4-6-16(22)13-15)14-19-23-18-8-3-2-7-17(18)21(27)24-19/h2-10,13H,11-12,14H2,1H3,(H,23,24,27)/b10-9+. The second-order valence-corrected chi connectivity index (χ2v) is 7.09. The van der Waals surface area contributed by atoms with Gasteiger partial charge in [0, 0.05) is 24.2 Å². The van der Waals surface area contributed by atoms with Gasteiger partial charge in [-0.3, -0.25) is 9.59 Å². The van der Waals surface area contributed by atoms with Crippen LogP contribution in [-0.4, -0.2) is 41.0 Å². The number of benzene rings is 2. The second kappa shape index (κ2) is 9.43. The van der Waals surface area contributed by atoms with Crippen LogP contribution in [0.2, 0.25) is 0 Å². The van der Waals surface area contributed by atoms with E-state index in [1.54, 1.807) is 36.3 Å². The lowest BCUT2D eigenvalue weighted by molar-refractivity contribution is -0.127. The maximum absolute atomic E-state index is 12.7. The van der Waals surface area contributed by atoms with Crippen LogP contribution in [0.5, 0.6) is 0 Å². The van der Waals surface area contributed by atoms with Crippen molar-refractivity contribution in [3.8, 4) is 0 Å². The van der Waals surface area contributed by atoms with E-state index in [0.717, 1.165) is 10.0 Å². The maximum atomic E-state index is 12.7. The summed E-state index contributed by atoms with van der Waals surface area (Å²) >= 11 is 3.42. The minimum Gasteiger partial charge on any atom is -0.383 e. The molecular weight excluding hydrogens is 422 g/mol. The highest BCUT2D eigenvalue weighted by atomic mass is 79.9. The lowest BCUT2D eigenvalue weighted by Crippen LogP contribution is -2.33. The van der Waals surface area contributed by atoms with Crippen molar-refractivity contribution in [2.24, 2.45) is 0 Å². The fraction of sp³-hybridized carbons (Fsp3) is 0.190. The minimum absolute atomic E-state index is 0.186. The van der Waals surface area contributed by atoms with Crippen molar-refractivity contribution in [2.45, 2.75) is 6.54 Å². The molecule has 28 heavy (non-hydrogen) atoms. The summed E-state index contributed by atoms with van der Waals surface area (Å²) in [6, 6.07) is 14.8. The van der Waals surface area contributed by atoms with E-state index in [1.807, 2.05) is 30.3 Å². The summed E-state index contributed by atoms with van der Waals surface area (Å²) < 4.78 is 6.06. The topological polar surface area (TPSA) is 75.3 Å². The Hall–Kier alpha value is -2.77. The molecular formula is C21H20BrN3O3. The summed E-state index contributed by atoms with van der Waals surface area (Å²) in [7, 11) is 1.58. The van der Waals surface area contributed by atoms with E-state index in [-0.39, 0.29) is 18.0 Å². The highest BCUT2D eigenvalue weighted by Gasteiger charge is 2.14. The molecule has 0 fully saturated rings. The highest BCUT2D eigenvalue weighted by molar-refractivity contribution is 9.10. The molecule has 0 aliphatic carbocycles. The summed E-state index contributed by atoms with van der Waals surface area (Å²) in [6.45, 7) is 0.952. The average Bonchev–Trinajstić information content (AvgIpc) is 2.69. The number of nitrogens with zero attached hydrogens (tertiary/aromatic N) is 2. The van der Waals surface area contributed by atoms with Crippen LogP contribution in [0.1, 0.15) is 11.4 Å². The van der Waals surface area contributed by atoms with Gasteiger partial charge in [0.2, 0.25) is 5.91 Å². The van der Waals surface area contributed by atoms with Gasteiger partial charge in [-0.25, -0.2) is 4.98 Å². The zero-order valence-corrected chi connectivity index (χ0v) is 17.0. The van der Waals surface area contributed by atoms with Crippen molar-refractivity contribution in [3.63, 3.8) is 0 Å². The fourth-order valence-corrected chi connectivity index (χ4v) is 3.16. The number of carbonyl (C=O) groups excluding carboxylic acids is 1. The number of H-pyrrole nitrogens is 1. The van der Waals surface area contributed by atoms with Gasteiger partial charge in [0.25, 0.3) is 5.56 Å². The van der Waals surface area contributed by atoms with Gasteiger partial charge < -0.3 is 14.6 Å². The monoisotopic (exact) mass is 441 g/mol. The number of hydrogen-bond donors (Lipinski definition) is 1. The molecule has 1 amide bonds. The summed E-state index contributed by atoms with van der Waals surface area (Å²) in [5.74, 6) is 0.247. The summed E-state index contributed by atoms with van der Waals surface area (Å²) in [6.07, 6.45) is 3.26. The number of nitrogens with one attached hydrogen (secondary N) is 1. The van der Waals surface area contributed by atoms with E-state index >= 15 is 0 Å². The van der Waals surface area contributed by atoms with E-state index in [2.05, 4.69) is 25.9 Å². The number of fused-ring (bicyclic) bond motifs is 1. The first-order valence-corrected chi connectivity index (χ1v) is 9.55. The number of amides is 1. The van der Waals surface area contributed by atoms with Gasteiger partial charge in [-0.1, -0.05) is 40.2 Å². The molecule has 0 radical (unpaired) electrons. The summed E-state index contributed by atoms with van der Waals surface area (Å²) in [5, 5.41) is 0.524. The number of methoxy groups -OCH3 is 1. The Bertz CT molecular complexity index is 1060. The molecule has 1 aromatic heterocycles. The molecule has 0 atom stereocenters. The molecule has 2 aromatic carbocycles. The number of carbonyl (C=O) groups is 1. The van der Waals surface area contributed by atoms with Crippen LogP contribution in [0.15, 0.2) is 63.9 Å². The van der Waals surface area contributed by atoms with Crippen molar-refractivity contribution in [1.29, 1.82) is 0 Å². The molecule has 0 saturated carbocycles. The van der Waals surface area contributed by atoms with Crippen molar-refractivity contribution < 1.29 is 9.53 Å². The molecule has 0 aliphatic heterocycles. The van der Waals surface area contributed by atoms with E-state index in [1.165, 1.54) is 6.08 Å². The molecule has 0 bridgehead atoms. The first kappa shape index (κ1) is 20.0. The molecule has 3 aromatic rings. The molecule has 7 heteroatoms. The number of ether oxygens (including phenoxy) is 1. The number of hydrogen-bond acceptors (Lipinski definition) is 4. The van der Waals surface area contributed by atoms with Crippen LogP contribution < -0.4 is 5.56 Å². The molecule has 0 spiro atoms. The zero-order chi connectivity index (χ0) is 19.9. The Morgan fingerprint density at radius 1 is 1.25 bits per heavy atom. The number of aromatic amines is 1. The number of aromatic nitrogens is 2. The van der Waals surface area contributed by atoms with Gasteiger partial charge in [-0.05, 0) is 35.9 Å². The van der Waals surface area contributed by atoms with Crippen molar-refractivity contribution in [2.75, 3.05) is 20.3 Å². The Labute approximate surface area is 171 Å². The van der Waals surface area contributed by atoms with E-state index in [0.29, 0.717) is 29.9 Å². The van der Waals surface area contributed by atoms with Crippen LogP contribution in [0.25, 0.3) is 17.0 Å².